The summed E-state index contributed by atoms with van der Waals surface area (Å²) in [6, 6.07) is 8.72. The fraction of sp³-hybridized carbons (Fsp3) is 0.300. The number of nitrogens with two attached hydrogens (primary N) is 1. The van der Waals surface area contributed by atoms with Crippen molar-refractivity contribution in [3.05, 3.63) is 34.9 Å². The Labute approximate surface area is 88.0 Å². The molecule has 0 bridgehead atoms. The van der Waals surface area contributed by atoms with Gasteiger partial charge in [-0.05, 0) is 11.6 Å². The lowest BCUT2D eigenvalue weighted by Crippen LogP contribution is -2.23. The van der Waals surface area contributed by atoms with E-state index in [1.165, 1.54) is 0 Å². The molecule has 0 spiro atoms. The van der Waals surface area contributed by atoms with Gasteiger partial charge in [-0.15, -0.1) is 0 Å². The Morgan fingerprint density at radius 1 is 1.50 bits per heavy atom. The van der Waals surface area contributed by atoms with E-state index in [9.17, 15) is 0 Å². The quantitative estimate of drug-likeness (QED) is 0.823. The van der Waals surface area contributed by atoms with Gasteiger partial charge >= 0.3 is 0 Å². The van der Waals surface area contributed by atoms with Crippen molar-refractivity contribution in [2.75, 3.05) is 6.61 Å². The Hall–Kier alpha value is -1.08. The molecule has 74 valence electrons. The van der Waals surface area contributed by atoms with Crippen LogP contribution in [0.3, 0.4) is 0 Å². The Bertz CT molecular complexity index is 335. The highest BCUT2D eigenvalue weighted by atomic mass is 35.5. The number of hydrogen-bond acceptors (Lipinski definition) is 3. The fourth-order valence-electron chi connectivity index (χ4n) is 0.949. The molecule has 0 radical (unpaired) electrons. The Kier molecular flexibility index (Phi) is 4.41. The van der Waals surface area contributed by atoms with E-state index < -0.39 is 6.04 Å². The monoisotopic (exact) mass is 210 g/mol. The molecular formula is C10H11ClN2O. The van der Waals surface area contributed by atoms with Gasteiger partial charge in [0, 0.05) is 5.02 Å². The number of halogens is 1. The molecule has 1 rings (SSSR count). The summed E-state index contributed by atoms with van der Waals surface area (Å²) < 4.78 is 5.22. The van der Waals surface area contributed by atoms with Crippen molar-refractivity contribution in [2.24, 2.45) is 5.73 Å². The third-order valence-corrected chi connectivity index (χ3v) is 2.05. The van der Waals surface area contributed by atoms with Crippen molar-refractivity contribution in [3.8, 4) is 6.07 Å². The molecule has 0 saturated carbocycles. The molecule has 0 heterocycles. The van der Waals surface area contributed by atoms with Crippen LogP contribution in [0.25, 0.3) is 0 Å². The number of nitrogens with zero attached hydrogens (tertiary/aromatic N) is 1. The standard InChI is InChI=1S/C10H11ClN2O/c11-10-4-2-1-3-8(10)6-14-7-9(13)5-12/h1-4,9H,6-7,13H2. The summed E-state index contributed by atoms with van der Waals surface area (Å²) in [7, 11) is 0. The van der Waals surface area contributed by atoms with Gasteiger partial charge in [0.1, 0.15) is 6.04 Å². The number of rotatable bonds is 4. The van der Waals surface area contributed by atoms with E-state index in [0.29, 0.717) is 11.6 Å². The zero-order chi connectivity index (χ0) is 10.4. The predicted molar refractivity (Wildman–Crippen MR) is 54.7 cm³/mol. The van der Waals surface area contributed by atoms with Crippen LogP contribution in [0.4, 0.5) is 0 Å². The third-order valence-electron chi connectivity index (χ3n) is 1.68. The zero-order valence-corrected chi connectivity index (χ0v) is 8.37. The van der Waals surface area contributed by atoms with Crippen molar-refractivity contribution < 1.29 is 4.74 Å². The molecule has 14 heavy (non-hydrogen) atoms. The van der Waals surface area contributed by atoms with Crippen molar-refractivity contribution in [2.45, 2.75) is 12.6 Å². The van der Waals surface area contributed by atoms with Gasteiger partial charge in [0.25, 0.3) is 0 Å². The van der Waals surface area contributed by atoms with E-state index in [-0.39, 0.29) is 6.61 Å². The summed E-state index contributed by atoms with van der Waals surface area (Å²) in [4.78, 5) is 0. The van der Waals surface area contributed by atoms with Crippen LogP contribution in [-0.4, -0.2) is 12.6 Å². The zero-order valence-electron chi connectivity index (χ0n) is 7.61. The van der Waals surface area contributed by atoms with Gasteiger partial charge in [-0.3, -0.25) is 0 Å². The lowest BCUT2D eigenvalue weighted by atomic mass is 10.2. The highest BCUT2D eigenvalue weighted by molar-refractivity contribution is 6.31. The maximum atomic E-state index is 8.41. The van der Waals surface area contributed by atoms with Crippen LogP contribution in [0.15, 0.2) is 24.3 Å². The van der Waals surface area contributed by atoms with Gasteiger partial charge in [0.2, 0.25) is 0 Å². The molecular weight excluding hydrogens is 200 g/mol. The minimum Gasteiger partial charge on any atom is -0.374 e. The summed E-state index contributed by atoms with van der Waals surface area (Å²) in [5.41, 5.74) is 6.26. The van der Waals surface area contributed by atoms with Crippen LogP contribution >= 0.6 is 11.6 Å². The maximum absolute atomic E-state index is 8.41. The fourth-order valence-corrected chi connectivity index (χ4v) is 1.14. The number of hydrogen-bond donors (Lipinski definition) is 1. The molecule has 4 heteroatoms. The van der Waals surface area contributed by atoms with Gasteiger partial charge in [-0.1, -0.05) is 29.8 Å². The topological polar surface area (TPSA) is 59.0 Å². The van der Waals surface area contributed by atoms with Gasteiger partial charge in [-0.25, -0.2) is 0 Å². The highest BCUT2D eigenvalue weighted by Crippen LogP contribution is 2.15. The second-order valence-corrected chi connectivity index (χ2v) is 3.25. The molecule has 0 aliphatic carbocycles. The van der Waals surface area contributed by atoms with Crippen molar-refractivity contribution in [3.63, 3.8) is 0 Å². The SMILES string of the molecule is N#CC(N)COCc1ccccc1Cl. The molecule has 1 aromatic carbocycles. The summed E-state index contributed by atoms with van der Waals surface area (Å²) >= 11 is 5.90. The molecule has 0 amide bonds. The Morgan fingerprint density at radius 2 is 2.21 bits per heavy atom. The van der Waals surface area contributed by atoms with E-state index in [1.807, 2.05) is 24.3 Å². The Balaban J connectivity index is 2.40. The second kappa shape index (κ2) is 5.61. The third kappa shape index (κ3) is 3.35. The number of nitriles is 1. The first-order chi connectivity index (χ1) is 6.74. The van der Waals surface area contributed by atoms with Gasteiger partial charge in [0.15, 0.2) is 0 Å². The average Bonchev–Trinajstić information content (AvgIpc) is 2.20. The van der Waals surface area contributed by atoms with Crippen molar-refractivity contribution >= 4 is 11.6 Å². The van der Waals surface area contributed by atoms with E-state index in [2.05, 4.69) is 0 Å². The smallest absolute Gasteiger partial charge is 0.116 e. The largest absolute Gasteiger partial charge is 0.374 e. The molecule has 1 atom stereocenters. The first kappa shape index (κ1) is 11.0. The van der Waals surface area contributed by atoms with Gasteiger partial charge in [0.05, 0.1) is 19.3 Å². The summed E-state index contributed by atoms with van der Waals surface area (Å²) in [5, 5.41) is 9.07. The van der Waals surface area contributed by atoms with Crippen LogP contribution in [0.1, 0.15) is 5.56 Å². The van der Waals surface area contributed by atoms with E-state index in [0.717, 1.165) is 5.56 Å². The van der Waals surface area contributed by atoms with Crippen LogP contribution in [0, 0.1) is 11.3 Å². The first-order valence-electron chi connectivity index (χ1n) is 4.20. The van der Waals surface area contributed by atoms with Crippen molar-refractivity contribution in [1.82, 2.24) is 0 Å². The molecule has 1 aromatic rings. The number of benzene rings is 1. The average molecular weight is 211 g/mol. The normalized spacial score (nSPS) is 12.1. The first-order valence-corrected chi connectivity index (χ1v) is 4.58. The van der Waals surface area contributed by atoms with E-state index >= 15 is 0 Å². The molecule has 0 fully saturated rings. The Morgan fingerprint density at radius 3 is 2.86 bits per heavy atom. The molecule has 0 aliphatic heterocycles. The van der Waals surface area contributed by atoms with Crippen molar-refractivity contribution in [1.29, 1.82) is 5.26 Å². The predicted octanol–water partition coefficient (Wildman–Crippen LogP) is 1.71. The molecule has 0 saturated heterocycles. The highest BCUT2D eigenvalue weighted by Gasteiger charge is 2.02. The molecule has 3 nitrogen and oxygen atoms in total. The second-order valence-electron chi connectivity index (χ2n) is 2.84. The minimum absolute atomic E-state index is 0.224. The molecule has 1 unspecified atom stereocenters. The van der Waals surface area contributed by atoms with E-state index in [4.69, 9.17) is 27.3 Å². The maximum Gasteiger partial charge on any atom is 0.116 e. The van der Waals surface area contributed by atoms with E-state index in [1.54, 1.807) is 6.07 Å². The van der Waals surface area contributed by atoms with Gasteiger partial charge in [-0.2, -0.15) is 5.26 Å². The van der Waals surface area contributed by atoms with Crippen LogP contribution in [-0.2, 0) is 11.3 Å². The minimum atomic E-state index is -0.572. The molecule has 2 N–H and O–H groups in total. The molecule has 0 aromatic heterocycles. The lowest BCUT2D eigenvalue weighted by Gasteiger charge is -2.06. The number of ether oxygens (including phenoxy) is 1. The van der Waals surface area contributed by atoms with Crippen LogP contribution in [0.5, 0.6) is 0 Å². The van der Waals surface area contributed by atoms with Crippen LogP contribution in [0.2, 0.25) is 5.02 Å². The van der Waals surface area contributed by atoms with Crippen LogP contribution < -0.4 is 5.73 Å². The summed E-state index contributed by atoms with van der Waals surface area (Å²) in [5.74, 6) is 0. The lowest BCUT2D eigenvalue weighted by molar-refractivity contribution is 0.117. The summed E-state index contributed by atoms with van der Waals surface area (Å²) in [6.45, 7) is 0.608. The molecule has 0 aliphatic rings. The van der Waals surface area contributed by atoms with Gasteiger partial charge < -0.3 is 10.5 Å². The summed E-state index contributed by atoms with van der Waals surface area (Å²) in [6.07, 6.45) is 0.